The van der Waals surface area contributed by atoms with Crippen LogP contribution in [0.3, 0.4) is 0 Å². The highest BCUT2D eigenvalue weighted by molar-refractivity contribution is 5.80. The predicted molar refractivity (Wildman–Crippen MR) is 59.1 cm³/mol. The number of aryl methyl sites for hydroxylation is 1. The van der Waals surface area contributed by atoms with Gasteiger partial charge in [0.2, 0.25) is 0 Å². The number of nitrogens with zero attached hydrogens (tertiary/aromatic N) is 2. The van der Waals surface area contributed by atoms with Crippen LogP contribution in [0.15, 0.2) is 12.4 Å². The SMILES string of the molecule is COC(=O)CC(Cc1cnn(C)c1)C(=O)OC. The number of rotatable bonds is 5. The number of ether oxygens (including phenoxy) is 2. The quantitative estimate of drug-likeness (QED) is 0.693. The van der Waals surface area contributed by atoms with E-state index < -0.39 is 17.9 Å². The van der Waals surface area contributed by atoms with Crippen LogP contribution in [0.1, 0.15) is 12.0 Å². The van der Waals surface area contributed by atoms with Gasteiger partial charge in [-0.05, 0) is 12.0 Å². The second kappa shape index (κ2) is 6.03. The largest absolute Gasteiger partial charge is 0.469 e. The van der Waals surface area contributed by atoms with Crippen LogP contribution >= 0.6 is 0 Å². The van der Waals surface area contributed by atoms with Gasteiger partial charge in [-0.2, -0.15) is 5.10 Å². The van der Waals surface area contributed by atoms with Crippen molar-refractivity contribution in [3.8, 4) is 0 Å². The van der Waals surface area contributed by atoms with Crippen LogP contribution in [0.5, 0.6) is 0 Å². The van der Waals surface area contributed by atoms with Gasteiger partial charge in [-0.3, -0.25) is 14.3 Å². The molecule has 1 aromatic heterocycles. The van der Waals surface area contributed by atoms with E-state index >= 15 is 0 Å². The Morgan fingerprint density at radius 2 is 2.12 bits per heavy atom. The van der Waals surface area contributed by atoms with Crippen LogP contribution in [-0.2, 0) is 32.5 Å². The van der Waals surface area contributed by atoms with E-state index in [4.69, 9.17) is 0 Å². The maximum atomic E-state index is 11.5. The van der Waals surface area contributed by atoms with E-state index in [0.29, 0.717) is 6.42 Å². The van der Waals surface area contributed by atoms with E-state index in [9.17, 15) is 9.59 Å². The van der Waals surface area contributed by atoms with Crippen molar-refractivity contribution >= 4 is 11.9 Å². The fourth-order valence-corrected chi connectivity index (χ4v) is 1.55. The van der Waals surface area contributed by atoms with Crippen molar-refractivity contribution in [2.24, 2.45) is 13.0 Å². The monoisotopic (exact) mass is 240 g/mol. The van der Waals surface area contributed by atoms with Crippen molar-refractivity contribution in [1.29, 1.82) is 0 Å². The van der Waals surface area contributed by atoms with Gasteiger partial charge in [0.1, 0.15) is 0 Å². The van der Waals surface area contributed by atoms with Gasteiger partial charge in [0.05, 0.1) is 32.8 Å². The normalized spacial score (nSPS) is 11.9. The summed E-state index contributed by atoms with van der Waals surface area (Å²) < 4.78 is 10.9. The fourth-order valence-electron chi connectivity index (χ4n) is 1.55. The Morgan fingerprint density at radius 1 is 1.41 bits per heavy atom. The molecule has 0 N–H and O–H groups in total. The molecule has 94 valence electrons. The molecule has 1 atom stereocenters. The highest BCUT2D eigenvalue weighted by Gasteiger charge is 2.24. The maximum absolute atomic E-state index is 11.5. The molecule has 0 aliphatic heterocycles. The molecule has 6 heteroatoms. The zero-order valence-corrected chi connectivity index (χ0v) is 10.2. The van der Waals surface area contributed by atoms with Gasteiger partial charge in [-0.25, -0.2) is 0 Å². The van der Waals surface area contributed by atoms with Gasteiger partial charge >= 0.3 is 11.9 Å². The third-order valence-corrected chi connectivity index (χ3v) is 2.42. The Kier molecular flexibility index (Phi) is 4.68. The Labute approximate surface area is 99.5 Å². The average molecular weight is 240 g/mol. The highest BCUT2D eigenvalue weighted by Crippen LogP contribution is 2.14. The second-order valence-corrected chi connectivity index (χ2v) is 3.73. The molecular formula is C11H16N2O4. The molecule has 0 spiro atoms. The van der Waals surface area contributed by atoms with Crippen molar-refractivity contribution < 1.29 is 19.1 Å². The van der Waals surface area contributed by atoms with Crippen LogP contribution in [0.4, 0.5) is 0 Å². The first-order chi connectivity index (χ1) is 8.06. The van der Waals surface area contributed by atoms with E-state index in [1.54, 1.807) is 24.1 Å². The Bertz CT molecular complexity index is 400. The highest BCUT2D eigenvalue weighted by atomic mass is 16.5. The molecule has 1 rings (SSSR count). The smallest absolute Gasteiger partial charge is 0.309 e. The van der Waals surface area contributed by atoms with Crippen molar-refractivity contribution in [2.75, 3.05) is 14.2 Å². The molecule has 0 saturated heterocycles. The zero-order valence-electron chi connectivity index (χ0n) is 10.2. The molecule has 0 amide bonds. The van der Waals surface area contributed by atoms with E-state index in [1.165, 1.54) is 14.2 Å². The van der Waals surface area contributed by atoms with E-state index in [2.05, 4.69) is 14.6 Å². The molecule has 1 aromatic rings. The van der Waals surface area contributed by atoms with Crippen molar-refractivity contribution in [3.05, 3.63) is 18.0 Å². The lowest BCUT2D eigenvalue weighted by atomic mass is 9.98. The second-order valence-electron chi connectivity index (χ2n) is 3.73. The summed E-state index contributed by atoms with van der Waals surface area (Å²) in [4.78, 5) is 22.7. The molecule has 6 nitrogen and oxygen atoms in total. The standard InChI is InChI=1S/C11H16N2O4/c1-13-7-8(6-12-13)4-9(11(15)17-3)5-10(14)16-2/h6-7,9H,4-5H2,1-3H3. The lowest BCUT2D eigenvalue weighted by molar-refractivity contribution is -0.151. The number of esters is 2. The van der Waals surface area contributed by atoms with Crippen molar-refractivity contribution in [3.63, 3.8) is 0 Å². The molecule has 0 radical (unpaired) electrons. The van der Waals surface area contributed by atoms with Gasteiger partial charge in [-0.1, -0.05) is 0 Å². The third kappa shape index (κ3) is 3.90. The molecule has 0 bridgehead atoms. The minimum absolute atomic E-state index is 0.0120. The topological polar surface area (TPSA) is 70.4 Å². The Hall–Kier alpha value is -1.85. The number of hydrogen-bond donors (Lipinski definition) is 0. The van der Waals surface area contributed by atoms with Crippen molar-refractivity contribution in [2.45, 2.75) is 12.8 Å². The van der Waals surface area contributed by atoms with Gasteiger partial charge in [-0.15, -0.1) is 0 Å². The molecule has 1 heterocycles. The number of methoxy groups -OCH3 is 2. The predicted octanol–water partition coefficient (Wildman–Crippen LogP) is 0.315. The molecule has 0 saturated carbocycles. The van der Waals surface area contributed by atoms with E-state index in [1.807, 2.05) is 0 Å². The van der Waals surface area contributed by atoms with E-state index in [0.717, 1.165) is 5.56 Å². The minimum atomic E-state index is -0.531. The summed E-state index contributed by atoms with van der Waals surface area (Å²) in [6.45, 7) is 0. The summed E-state index contributed by atoms with van der Waals surface area (Å²) >= 11 is 0. The Balaban J connectivity index is 2.69. The van der Waals surface area contributed by atoms with Gasteiger partial charge < -0.3 is 9.47 Å². The molecule has 0 aliphatic rings. The summed E-state index contributed by atoms with van der Waals surface area (Å²) in [6.07, 6.45) is 3.88. The van der Waals surface area contributed by atoms with Crippen LogP contribution in [0, 0.1) is 5.92 Å². The first-order valence-corrected chi connectivity index (χ1v) is 5.19. The lowest BCUT2D eigenvalue weighted by Crippen LogP contribution is -2.22. The fraction of sp³-hybridized carbons (Fsp3) is 0.545. The van der Waals surface area contributed by atoms with Crippen LogP contribution < -0.4 is 0 Å². The molecule has 17 heavy (non-hydrogen) atoms. The third-order valence-electron chi connectivity index (χ3n) is 2.42. The van der Waals surface area contributed by atoms with Crippen LogP contribution in [-0.4, -0.2) is 35.9 Å². The molecule has 0 fully saturated rings. The molecule has 1 unspecified atom stereocenters. The lowest BCUT2D eigenvalue weighted by Gasteiger charge is -2.11. The van der Waals surface area contributed by atoms with Gasteiger partial charge in [0.15, 0.2) is 0 Å². The number of aromatic nitrogens is 2. The summed E-state index contributed by atoms with van der Waals surface area (Å²) in [5.41, 5.74) is 0.881. The maximum Gasteiger partial charge on any atom is 0.309 e. The number of hydrogen-bond acceptors (Lipinski definition) is 5. The summed E-state index contributed by atoms with van der Waals surface area (Å²) in [6, 6.07) is 0. The van der Waals surface area contributed by atoms with E-state index in [-0.39, 0.29) is 6.42 Å². The summed E-state index contributed by atoms with van der Waals surface area (Å²) in [5, 5.41) is 4.00. The number of carbonyl (C=O) groups is 2. The molecule has 0 aliphatic carbocycles. The minimum Gasteiger partial charge on any atom is -0.469 e. The average Bonchev–Trinajstić information content (AvgIpc) is 2.72. The first kappa shape index (κ1) is 13.2. The molecular weight excluding hydrogens is 224 g/mol. The van der Waals surface area contributed by atoms with Crippen LogP contribution in [0.25, 0.3) is 0 Å². The summed E-state index contributed by atoms with van der Waals surface area (Å²) in [7, 11) is 4.38. The zero-order chi connectivity index (χ0) is 12.8. The van der Waals surface area contributed by atoms with Gasteiger partial charge in [0.25, 0.3) is 0 Å². The Morgan fingerprint density at radius 3 is 2.59 bits per heavy atom. The summed E-state index contributed by atoms with van der Waals surface area (Å²) in [5.74, 6) is -1.37. The number of carbonyl (C=O) groups excluding carboxylic acids is 2. The van der Waals surface area contributed by atoms with Crippen molar-refractivity contribution in [1.82, 2.24) is 9.78 Å². The van der Waals surface area contributed by atoms with Crippen LogP contribution in [0.2, 0.25) is 0 Å². The van der Waals surface area contributed by atoms with Gasteiger partial charge in [0, 0.05) is 13.2 Å². The molecule has 0 aromatic carbocycles. The first-order valence-electron chi connectivity index (χ1n) is 5.19.